The zero-order chi connectivity index (χ0) is 13.8. The average molecular weight is 294 g/mol. The number of sulfone groups is 1. The predicted octanol–water partition coefficient (Wildman–Crippen LogP) is 2.04. The Labute approximate surface area is 112 Å². The predicted molar refractivity (Wildman–Crippen MR) is 72.3 cm³/mol. The van der Waals surface area contributed by atoms with Crippen LogP contribution < -0.4 is 5.32 Å². The molecule has 0 radical (unpaired) electrons. The molecule has 0 aliphatic carbocycles. The summed E-state index contributed by atoms with van der Waals surface area (Å²) in [7, 11) is -3.05. The number of nitrogens with one attached hydrogen (secondary N) is 1. The molecule has 0 aliphatic rings. The molecule has 1 aromatic carbocycles. The van der Waals surface area contributed by atoms with Crippen LogP contribution in [0, 0.1) is 5.82 Å². The zero-order valence-electron chi connectivity index (χ0n) is 10.4. The van der Waals surface area contributed by atoms with Crippen LogP contribution in [-0.2, 0) is 16.3 Å². The van der Waals surface area contributed by atoms with E-state index in [9.17, 15) is 12.8 Å². The van der Waals surface area contributed by atoms with Crippen molar-refractivity contribution in [2.24, 2.45) is 0 Å². The van der Waals surface area contributed by atoms with Crippen LogP contribution in [0.1, 0.15) is 12.5 Å². The van der Waals surface area contributed by atoms with Crippen molar-refractivity contribution in [3.63, 3.8) is 0 Å². The monoisotopic (exact) mass is 293 g/mol. The standard InChI is InChI=1S/C12H17ClFNO2S/c1-3-15-10(8-18(2,16)17)6-9-4-5-12(14)11(13)7-9/h4-5,7,10,15H,3,6,8H2,1-2H3. The van der Waals surface area contributed by atoms with E-state index < -0.39 is 15.7 Å². The fourth-order valence-corrected chi connectivity index (χ4v) is 2.97. The second kappa shape index (κ2) is 6.50. The maximum Gasteiger partial charge on any atom is 0.148 e. The van der Waals surface area contributed by atoms with Crippen LogP contribution in [0.2, 0.25) is 5.02 Å². The van der Waals surface area contributed by atoms with Gasteiger partial charge >= 0.3 is 0 Å². The largest absolute Gasteiger partial charge is 0.313 e. The second-order valence-corrected chi connectivity index (χ2v) is 6.89. The number of hydrogen-bond acceptors (Lipinski definition) is 3. The highest BCUT2D eigenvalue weighted by atomic mass is 35.5. The lowest BCUT2D eigenvalue weighted by molar-refractivity contribution is 0.544. The van der Waals surface area contributed by atoms with Crippen LogP contribution in [0.25, 0.3) is 0 Å². The zero-order valence-corrected chi connectivity index (χ0v) is 12.0. The summed E-state index contributed by atoms with van der Waals surface area (Å²) in [6.45, 7) is 2.59. The number of rotatable bonds is 6. The van der Waals surface area contributed by atoms with Crippen molar-refractivity contribution in [3.8, 4) is 0 Å². The SMILES string of the molecule is CCNC(Cc1ccc(F)c(Cl)c1)CS(C)(=O)=O. The van der Waals surface area contributed by atoms with Crippen molar-refractivity contribution < 1.29 is 12.8 Å². The molecule has 102 valence electrons. The smallest absolute Gasteiger partial charge is 0.148 e. The van der Waals surface area contributed by atoms with Gasteiger partial charge in [0.2, 0.25) is 0 Å². The maximum absolute atomic E-state index is 13.0. The van der Waals surface area contributed by atoms with Crippen LogP contribution >= 0.6 is 11.6 Å². The molecule has 0 bridgehead atoms. The van der Waals surface area contributed by atoms with Gasteiger partial charge in [-0.3, -0.25) is 0 Å². The lowest BCUT2D eigenvalue weighted by Crippen LogP contribution is -2.37. The minimum atomic E-state index is -3.05. The van der Waals surface area contributed by atoms with Crippen LogP contribution in [0.5, 0.6) is 0 Å². The van der Waals surface area contributed by atoms with Gasteiger partial charge in [0, 0.05) is 12.3 Å². The first-order chi connectivity index (χ1) is 8.31. The number of benzene rings is 1. The fraction of sp³-hybridized carbons (Fsp3) is 0.500. The third-order valence-corrected chi connectivity index (χ3v) is 3.76. The van der Waals surface area contributed by atoms with E-state index in [1.807, 2.05) is 6.92 Å². The molecule has 0 amide bonds. The van der Waals surface area contributed by atoms with E-state index in [4.69, 9.17) is 11.6 Å². The van der Waals surface area contributed by atoms with Crippen molar-refractivity contribution >= 4 is 21.4 Å². The van der Waals surface area contributed by atoms with Gasteiger partial charge in [0.05, 0.1) is 10.8 Å². The van der Waals surface area contributed by atoms with Gasteiger partial charge in [-0.15, -0.1) is 0 Å². The van der Waals surface area contributed by atoms with E-state index in [0.29, 0.717) is 13.0 Å². The average Bonchev–Trinajstić information content (AvgIpc) is 2.21. The lowest BCUT2D eigenvalue weighted by Gasteiger charge is -2.17. The van der Waals surface area contributed by atoms with E-state index in [2.05, 4.69) is 5.32 Å². The normalized spacial score (nSPS) is 13.6. The Bertz CT molecular complexity index is 505. The Kier molecular flexibility index (Phi) is 5.56. The lowest BCUT2D eigenvalue weighted by atomic mass is 10.1. The van der Waals surface area contributed by atoms with E-state index >= 15 is 0 Å². The van der Waals surface area contributed by atoms with Gasteiger partial charge in [0.15, 0.2) is 0 Å². The summed E-state index contributed by atoms with van der Waals surface area (Å²) < 4.78 is 35.6. The Morgan fingerprint density at radius 1 is 1.44 bits per heavy atom. The van der Waals surface area contributed by atoms with Crippen molar-refractivity contribution in [2.45, 2.75) is 19.4 Å². The van der Waals surface area contributed by atoms with Gasteiger partial charge in [-0.1, -0.05) is 24.6 Å². The Balaban J connectivity index is 2.79. The molecule has 0 fully saturated rings. The molecular weight excluding hydrogens is 277 g/mol. The molecular formula is C12H17ClFNO2S. The van der Waals surface area contributed by atoms with Gasteiger partial charge in [-0.25, -0.2) is 12.8 Å². The summed E-state index contributed by atoms with van der Waals surface area (Å²) in [6.07, 6.45) is 1.70. The summed E-state index contributed by atoms with van der Waals surface area (Å²) in [6, 6.07) is 4.25. The number of hydrogen-bond donors (Lipinski definition) is 1. The van der Waals surface area contributed by atoms with Gasteiger partial charge in [0.1, 0.15) is 15.7 Å². The number of likely N-dealkylation sites (N-methyl/N-ethyl adjacent to an activating group) is 1. The first-order valence-electron chi connectivity index (χ1n) is 5.67. The van der Waals surface area contributed by atoms with Crippen molar-refractivity contribution in [3.05, 3.63) is 34.6 Å². The van der Waals surface area contributed by atoms with Crippen LogP contribution in [-0.4, -0.2) is 33.0 Å². The van der Waals surface area contributed by atoms with Gasteiger partial charge in [-0.05, 0) is 30.7 Å². The third-order valence-electron chi connectivity index (χ3n) is 2.46. The minimum absolute atomic E-state index is 0.0514. The molecule has 18 heavy (non-hydrogen) atoms. The van der Waals surface area contributed by atoms with Crippen molar-refractivity contribution in [2.75, 3.05) is 18.6 Å². The first-order valence-corrected chi connectivity index (χ1v) is 8.10. The summed E-state index contributed by atoms with van der Waals surface area (Å²) in [5.74, 6) is -0.418. The van der Waals surface area contributed by atoms with E-state index in [1.54, 1.807) is 6.07 Å². The van der Waals surface area contributed by atoms with E-state index in [1.165, 1.54) is 18.4 Å². The highest BCUT2D eigenvalue weighted by molar-refractivity contribution is 7.90. The molecule has 3 nitrogen and oxygen atoms in total. The Hall–Kier alpha value is -0.650. The van der Waals surface area contributed by atoms with E-state index in [0.717, 1.165) is 5.56 Å². The molecule has 1 N–H and O–H groups in total. The summed E-state index contributed by atoms with van der Waals surface area (Å²) in [4.78, 5) is 0. The van der Waals surface area contributed by atoms with Crippen LogP contribution in [0.4, 0.5) is 4.39 Å². The first kappa shape index (κ1) is 15.4. The molecule has 0 aliphatic heterocycles. The summed E-state index contributed by atoms with van der Waals surface area (Å²) >= 11 is 5.69. The molecule has 1 rings (SSSR count). The van der Waals surface area contributed by atoms with Gasteiger partial charge in [-0.2, -0.15) is 0 Å². The molecule has 1 unspecified atom stereocenters. The molecule has 0 heterocycles. The fourth-order valence-electron chi connectivity index (χ4n) is 1.80. The second-order valence-electron chi connectivity index (χ2n) is 4.30. The molecule has 6 heteroatoms. The van der Waals surface area contributed by atoms with Gasteiger partial charge < -0.3 is 5.32 Å². The minimum Gasteiger partial charge on any atom is -0.313 e. The highest BCUT2D eigenvalue weighted by Gasteiger charge is 2.15. The molecule has 0 saturated heterocycles. The maximum atomic E-state index is 13.0. The Morgan fingerprint density at radius 3 is 2.61 bits per heavy atom. The topological polar surface area (TPSA) is 46.2 Å². The molecule has 1 aromatic rings. The Morgan fingerprint density at radius 2 is 2.11 bits per heavy atom. The quantitative estimate of drug-likeness (QED) is 0.873. The number of halogens is 2. The molecule has 0 saturated carbocycles. The van der Waals surface area contributed by atoms with Crippen molar-refractivity contribution in [1.29, 1.82) is 0 Å². The van der Waals surface area contributed by atoms with Crippen LogP contribution in [0.15, 0.2) is 18.2 Å². The third kappa shape index (κ3) is 5.33. The van der Waals surface area contributed by atoms with Gasteiger partial charge in [0.25, 0.3) is 0 Å². The summed E-state index contributed by atoms with van der Waals surface area (Å²) in [5.41, 5.74) is 0.816. The summed E-state index contributed by atoms with van der Waals surface area (Å²) in [5, 5.41) is 3.16. The molecule has 1 atom stereocenters. The van der Waals surface area contributed by atoms with Crippen LogP contribution in [0.3, 0.4) is 0 Å². The molecule has 0 spiro atoms. The highest BCUT2D eigenvalue weighted by Crippen LogP contribution is 2.17. The van der Waals surface area contributed by atoms with E-state index in [-0.39, 0.29) is 16.8 Å². The molecule has 0 aromatic heterocycles. The van der Waals surface area contributed by atoms with Crippen molar-refractivity contribution in [1.82, 2.24) is 5.32 Å².